The molecule has 0 aliphatic carbocycles. The maximum Gasteiger partial charge on any atom is 0.244 e. The number of nitrogens with one attached hydrogen (secondary N) is 1. The zero-order chi connectivity index (χ0) is 24.8. The van der Waals surface area contributed by atoms with Crippen LogP contribution in [0.2, 0.25) is 5.02 Å². The van der Waals surface area contributed by atoms with Crippen molar-refractivity contribution >= 4 is 44.9 Å². The third-order valence-electron chi connectivity index (χ3n) is 5.04. The summed E-state index contributed by atoms with van der Waals surface area (Å²) in [6.45, 7) is 4.55. The van der Waals surface area contributed by atoms with E-state index in [-0.39, 0.29) is 23.9 Å². The minimum Gasteiger partial charge on any atom is -0.355 e. The molecule has 0 bridgehead atoms. The van der Waals surface area contributed by atoms with Crippen LogP contribution >= 0.6 is 11.6 Å². The Morgan fingerprint density at radius 1 is 1.09 bits per heavy atom. The van der Waals surface area contributed by atoms with Crippen LogP contribution in [0.4, 0.5) is 5.69 Å². The van der Waals surface area contributed by atoms with Crippen molar-refractivity contribution in [1.29, 1.82) is 0 Å². The maximum absolute atomic E-state index is 13.4. The Morgan fingerprint density at radius 3 is 2.33 bits per heavy atom. The van der Waals surface area contributed by atoms with Gasteiger partial charge in [0.1, 0.15) is 12.6 Å². The molecule has 0 aliphatic heterocycles. The van der Waals surface area contributed by atoms with Crippen molar-refractivity contribution < 1.29 is 22.8 Å². The van der Waals surface area contributed by atoms with Crippen molar-refractivity contribution in [3.63, 3.8) is 0 Å². The van der Waals surface area contributed by atoms with E-state index >= 15 is 0 Å². The zero-order valence-corrected chi connectivity index (χ0v) is 20.6. The molecule has 0 radical (unpaired) electrons. The highest BCUT2D eigenvalue weighted by atomic mass is 35.5. The third-order valence-corrected chi connectivity index (χ3v) is 6.55. The van der Waals surface area contributed by atoms with E-state index in [0.29, 0.717) is 22.7 Å². The smallest absolute Gasteiger partial charge is 0.244 e. The van der Waals surface area contributed by atoms with Gasteiger partial charge in [0.25, 0.3) is 0 Å². The van der Waals surface area contributed by atoms with Gasteiger partial charge in [-0.1, -0.05) is 41.9 Å². The summed E-state index contributed by atoms with van der Waals surface area (Å²) in [5.41, 5.74) is 1.12. The molecule has 2 rings (SSSR count). The molecule has 0 fully saturated rings. The summed E-state index contributed by atoms with van der Waals surface area (Å²) in [6, 6.07) is 12.1. The number of amides is 2. The molecular formula is C23H28ClN3O5S. The Morgan fingerprint density at radius 2 is 1.76 bits per heavy atom. The number of halogens is 1. The molecule has 0 aromatic heterocycles. The second kappa shape index (κ2) is 11.3. The van der Waals surface area contributed by atoms with Gasteiger partial charge in [0.2, 0.25) is 21.8 Å². The largest absolute Gasteiger partial charge is 0.355 e. The van der Waals surface area contributed by atoms with Crippen LogP contribution in [0.25, 0.3) is 0 Å². The second-order valence-corrected chi connectivity index (χ2v) is 9.87. The molecule has 1 N–H and O–H groups in total. The number of likely N-dealkylation sites (N-methyl/N-ethyl adjacent to an activating group) is 1. The van der Waals surface area contributed by atoms with Crippen molar-refractivity contribution in [2.75, 3.05) is 23.7 Å². The first-order valence-corrected chi connectivity index (χ1v) is 12.6. The average molecular weight is 494 g/mol. The molecule has 10 heteroatoms. The van der Waals surface area contributed by atoms with Crippen LogP contribution < -0.4 is 9.62 Å². The normalized spacial score (nSPS) is 12.0. The molecule has 33 heavy (non-hydrogen) atoms. The van der Waals surface area contributed by atoms with Gasteiger partial charge < -0.3 is 10.2 Å². The van der Waals surface area contributed by atoms with Gasteiger partial charge in [-0.3, -0.25) is 18.7 Å². The van der Waals surface area contributed by atoms with Crippen molar-refractivity contribution in [3.05, 3.63) is 64.7 Å². The number of sulfonamides is 1. The molecule has 0 saturated carbocycles. The van der Waals surface area contributed by atoms with Crippen LogP contribution in [-0.2, 0) is 26.2 Å². The first-order valence-electron chi connectivity index (χ1n) is 10.3. The fraction of sp³-hybridized carbons (Fsp3) is 0.348. The van der Waals surface area contributed by atoms with Crippen LogP contribution in [0.3, 0.4) is 0 Å². The Bertz CT molecular complexity index is 1140. The number of carbonyl (C=O) groups excluding carboxylic acids is 3. The fourth-order valence-electron chi connectivity index (χ4n) is 3.21. The molecule has 0 aliphatic rings. The van der Waals surface area contributed by atoms with E-state index in [1.54, 1.807) is 50.2 Å². The second-order valence-electron chi connectivity index (χ2n) is 7.56. The van der Waals surface area contributed by atoms with Crippen LogP contribution in [0, 0.1) is 0 Å². The highest BCUT2D eigenvalue weighted by Gasteiger charge is 2.30. The van der Waals surface area contributed by atoms with Crippen LogP contribution in [0.1, 0.15) is 36.7 Å². The summed E-state index contributed by atoms with van der Waals surface area (Å²) < 4.78 is 26.0. The van der Waals surface area contributed by atoms with Crippen molar-refractivity contribution in [3.8, 4) is 0 Å². The van der Waals surface area contributed by atoms with Gasteiger partial charge in [0, 0.05) is 23.7 Å². The Labute approximate surface area is 199 Å². The highest BCUT2D eigenvalue weighted by molar-refractivity contribution is 7.92. The van der Waals surface area contributed by atoms with Gasteiger partial charge in [-0.2, -0.15) is 0 Å². The quantitative estimate of drug-likeness (QED) is 0.512. The molecule has 0 unspecified atom stereocenters. The molecule has 0 heterocycles. The van der Waals surface area contributed by atoms with E-state index in [4.69, 9.17) is 11.6 Å². The van der Waals surface area contributed by atoms with Gasteiger partial charge in [-0.15, -0.1) is 0 Å². The van der Waals surface area contributed by atoms with E-state index < -0.39 is 28.5 Å². The molecule has 0 saturated heterocycles. The van der Waals surface area contributed by atoms with E-state index in [1.807, 2.05) is 0 Å². The van der Waals surface area contributed by atoms with E-state index in [2.05, 4.69) is 5.32 Å². The molecule has 2 amide bonds. The SMILES string of the molecule is CCNC(=O)[C@H](C)N(Cc1ccccc1Cl)C(=O)CN(c1cccc(C(C)=O)c1)S(C)(=O)=O. The van der Waals surface area contributed by atoms with Gasteiger partial charge in [-0.25, -0.2) is 8.42 Å². The minimum atomic E-state index is -3.88. The van der Waals surface area contributed by atoms with Crippen LogP contribution in [0.5, 0.6) is 0 Å². The summed E-state index contributed by atoms with van der Waals surface area (Å²) >= 11 is 6.26. The monoisotopic (exact) mass is 493 g/mol. The number of hydrogen-bond donors (Lipinski definition) is 1. The maximum atomic E-state index is 13.4. The van der Waals surface area contributed by atoms with E-state index in [9.17, 15) is 22.8 Å². The van der Waals surface area contributed by atoms with Crippen molar-refractivity contribution in [1.82, 2.24) is 10.2 Å². The average Bonchev–Trinajstić information content (AvgIpc) is 2.75. The van der Waals surface area contributed by atoms with Crippen LogP contribution in [-0.4, -0.2) is 56.3 Å². The van der Waals surface area contributed by atoms with Crippen LogP contribution in [0.15, 0.2) is 48.5 Å². The number of nitrogens with zero attached hydrogens (tertiary/aromatic N) is 2. The van der Waals surface area contributed by atoms with Gasteiger partial charge in [-0.05, 0) is 44.5 Å². The first-order chi connectivity index (χ1) is 15.5. The lowest BCUT2D eigenvalue weighted by Gasteiger charge is -2.31. The number of benzene rings is 2. The number of anilines is 1. The Kier molecular flexibility index (Phi) is 9.01. The predicted octanol–water partition coefficient (Wildman–Crippen LogP) is 2.86. The fourth-order valence-corrected chi connectivity index (χ4v) is 4.25. The standard InChI is InChI=1S/C23H28ClN3O5S/c1-5-25-23(30)16(2)26(14-19-9-6-7-12-21(19)24)22(29)15-27(33(4,31)32)20-11-8-10-18(13-20)17(3)28/h6-13,16H,5,14-15H2,1-4H3,(H,25,30)/t16-/m0/s1. The lowest BCUT2D eigenvalue weighted by atomic mass is 10.1. The summed E-state index contributed by atoms with van der Waals surface area (Å²) in [6.07, 6.45) is 0.979. The number of carbonyl (C=O) groups is 3. The molecule has 2 aromatic carbocycles. The summed E-state index contributed by atoms with van der Waals surface area (Å²) in [5, 5.41) is 3.10. The minimum absolute atomic E-state index is 0.0158. The molecular weight excluding hydrogens is 466 g/mol. The summed E-state index contributed by atoms with van der Waals surface area (Å²) in [7, 11) is -3.88. The lowest BCUT2D eigenvalue weighted by Crippen LogP contribution is -2.51. The first kappa shape index (κ1) is 26.3. The molecule has 0 spiro atoms. The van der Waals surface area contributed by atoms with Gasteiger partial charge in [0.05, 0.1) is 11.9 Å². The topological polar surface area (TPSA) is 104 Å². The number of ketones is 1. The molecule has 178 valence electrons. The number of hydrogen-bond acceptors (Lipinski definition) is 5. The highest BCUT2D eigenvalue weighted by Crippen LogP contribution is 2.22. The summed E-state index contributed by atoms with van der Waals surface area (Å²) in [5.74, 6) is -1.20. The molecule has 8 nitrogen and oxygen atoms in total. The Hall–Kier alpha value is -2.91. The molecule has 1 atom stereocenters. The summed E-state index contributed by atoms with van der Waals surface area (Å²) in [4.78, 5) is 39.0. The Balaban J connectivity index is 2.44. The van der Waals surface area contributed by atoms with Crippen molar-refractivity contribution in [2.24, 2.45) is 0 Å². The van der Waals surface area contributed by atoms with Gasteiger partial charge in [0.15, 0.2) is 5.78 Å². The lowest BCUT2D eigenvalue weighted by molar-refractivity contribution is -0.139. The van der Waals surface area contributed by atoms with Gasteiger partial charge >= 0.3 is 0 Å². The predicted molar refractivity (Wildman–Crippen MR) is 129 cm³/mol. The number of Topliss-reactive ketones (excluding diaryl/α,β-unsaturated/α-hetero) is 1. The van der Waals surface area contributed by atoms with E-state index in [0.717, 1.165) is 10.6 Å². The third kappa shape index (κ3) is 7.03. The zero-order valence-electron chi connectivity index (χ0n) is 19.0. The number of rotatable bonds is 10. The molecule has 2 aromatic rings. The van der Waals surface area contributed by atoms with E-state index in [1.165, 1.54) is 24.0 Å². The van der Waals surface area contributed by atoms with Crippen molar-refractivity contribution in [2.45, 2.75) is 33.4 Å².